The molecule has 14 nitrogen and oxygen atoms in total. The lowest BCUT2D eigenvalue weighted by atomic mass is 9.66. The van der Waals surface area contributed by atoms with Crippen LogP contribution in [0.25, 0.3) is 27.2 Å². The smallest absolute Gasteiger partial charge is 0.328 e. The molecule has 0 bridgehead atoms. The number of fused-ring (bicyclic) bond motifs is 5. The number of barbiturate groups is 1. The zero-order valence-corrected chi connectivity index (χ0v) is 20.7. The number of aromatic nitrogens is 2. The Hall–Kier alpha value is -4.27. The molecule has 196 valence electrons. The molecule has 3 aliphatic heterocycles. The minimum atomic E-state index is -1.79. The molecular formula is C22H19FN8O6S. The SMILES string of the molecule is C[C@@H]1CN2c3c(cc4c(-n5cc(CN=[N+]=[N-])sc5=O)noc4c3F)CC3(C(=O)NC(=O)NC3=O)[C@H]2[C@H](C)O1. The van der Waals surface area contributed by atoms with Gasteiger partial charge in [-0.25, -0.2) is 9.18 Å². The van der Waals surface area contributed by atoms with Crippen LogP contribution in [-0.2, 0) is 27.3 Å². The van der Waals surface area contributed by atoms with Gasteiger partial charge in [-0.2, -0.15) is 0 Å². The van der Waals surface area contributed by atoms with Crippen molar-refractivity contribution in [1.29, 1.82) is 0 Å². The van der Waals surface area contributed by atoms with E-state index in [4.69, 9.17) is 14.8 Å². The summed E-state index contributed by atoms with van der Waals surface area (Å²) in [6.07, 6.45) is 0.150. The number of ether oxygens (including phenoxy) is 1. The van der Waals surface area contributed by atoms with Gasteiger partial charge in [-0.3, -0.25) is 29.6 Å². The number of urea groups is 1. The first kappa shape index (κ1) is 24.1. The molecule has 1 aromatic carbocycles. The van der Waals surface area contributed by atoms with Crippen LogP contribution in [-0.4, -0.2) is 52.4 Å². The number of carbonyl (C=O) groups excluding carboxylic acids is 3. The van der Waals surface area contributed by atoms with Crippen molar-refractivity contribution >= 4 is 45.8 Å². The third-order valence-corrected chi connectivity index (χ3v) is 8.02. The predicted molar refractivity (Wildman–Crippen MR) is 129 cm³/mol. The minimum absolute atomic E-state index is 0.00255. The van der Waals surface area contributed by atoms with Gasteiger partial charge in [0.2, 0.25) is 17.4 Å². The highest BCUT2D eigenvalue weighted by atomic mass is 32.1. The normalized spacial score (nSPS) is 24.0. The van der Waals surface area contributed by atoms with Gasteiger partial charge in [0.05, 0.1) is 35.9 Å². The number of morpholine rings is 1. The predicted octanol–water partition coefficient (Wildman–Crippen LogP) is 1.88. The number of azide groups is 1. The first-order valence-electron chi connectivity index (χ1n) is 11.6. The van der Waals surface area contributed by atoms with Crippen LogP contribution < -0.4 is 20.4 Å². The second kappa shape index (κ2) is 8.37. The molecule has 1 spiro atoms. The standard InChI is InChI=1S/C22H19FN8O6S/c1-8-6-30-14-10(4-22(16(30)9(2)36-8)18(32)26-20(34)27-19(22)33)3-12-15(13(14)23)37-28-17(12)31-7-11(5-25-29-24)38-21(31)35/h3,7-9,16H,4-6H2,1-2H3,(H2,26,27,32,33,34)/t8-,9+,16-/m1/s1. The van der Waals surface area contributed by atoms with E-state index in [1.165, 1.54) is 12.3 Å². The van der Waals surface area contributed by atoms with Crippen molar-refractivity contribution in [2.45, 2.75) is 45.1 Å². The summed E-state index contributed by atoms with van der Waals surface area (Å²) in [7, 11) is 0. The highest BCUT2D eigenvalue weighted by molar-refractivity contribution is 7.09. The fourth-order valence-electron chi connectivity index (χ4n) is 5.82. The van der Waals surface area contributed by atoms with Gasteiger partial charge in [0, 0.05) is 29.0 Å². The second-order valence-corrected chi connectivity index (χ2v) is 10.5. The molecule has 3 aromatic rings. The first-order chi connectivity index (χ1) is 18.1. The van der Waals surface area contributed by atoms with E-state index in [0.29, 0.717) is 10.4 Å². The summed E-state index contributed by atoms with van der Waals surface area (Å²) in [5.74, 6) is -2.37. The van der Waals surface area contributed by atoms with Gasteiger partial charge >= 0.3 is 10.9 Å². The largest absolute Gasteiger partial charge is 0.372 e. The molecule has 0 radical (unpaired) electrons. The lowest BCUT2D eigenvalue weighted by Crippen LogP contribution is -2.75. The van der Waals surface area contributed by atoms with Crippen molar-refractivity contribution < 1.29 is 28.0 Å². The van der Waals surface area contributed by atoms with E-state index in [2.05, 4.69) is 25.8 Å². The number of nitrogens with zero attached hydrogens (tertiary/aromatic N) is 6. The Labute approximate surface area is 215 Å². The second-order valence-electron chi connectivity index (χ2n) is 9.44. The monoisotopic (exact) mass is 542 g/mol. The van der Waals surface area contributed by atoms with Gasteiger partial charge in [-0.1, -0.05) is 21.6 Å². The summed E-state index contributed by atoms with van der Waals surface area (Å²) in [6, 6.07) is -0.315. The zero-order valence-electron chi connectivity index (χ0n) is 19.9. The van der Waals surface area contributed by atoms with Gasteiger partial charge < -0.3 is 14.2 Å². The minimum Gasteiger partial charge on any atom is -0.372 e. The van der Waals surface area contributed by atoms with E-state index in [1.54, 1.807) is 18.7 Å². The number of imide groups is 2. The molecule has 16 heteroatoms. The molecule has 5 heterocycles. The van der Waals surface area contributed by atoms with Crippen molar-refractivity contribution in [3.05, 3.63) is 48.6 Å². The highest BCUT2D eigenvalue weighted by Gasteiger charge is 2.63. The summed E-state index contributed by atoms with van der Waals surface area (Å²) in [6.45, 7) is 3.59. The molecule has 0 saturated carbocycles. The molecule has 6 rings (SSSR count). The number of rotatable bonds is 3. The summed E-state index contributed by atoms with van der Waals surface area (Å²) < 4.78 is 28.6. The maximum atomic E-state index is 16.2. The van der Waals surface area contributed by atoms with Gasteiger partial charge in [-0.15, -0.1) is 0 Å². The van der Waals surface area contributed by atoms with Gasteiger partial charge in [-0.05, 0) is 31.0 Å². The molecule has 2 fully saturated rings. The zero-order chi connectivity index (χ0) is 26.9. The van der Waals surface area contributed by atoms with E-state index in [1.807, 2.05) is 0 Å². The summed E-state index contributed by atoms with van der Waals surface area (Å²) >= 11 is 0.835. The third-order valence-electron chi connectivity index (χ3n) is 7.15. The number of hydrogen-bond donors (Lipinski definition) is 2. The van der Waals surface area contributed by atoms with E-state index < -0.39 is 46.1 Å². The molecule has 2 aromatic heterocycles. The topological polar surface area (TPSA) is 185 Å². The fraction of sp³-hybridized carbons (Fsp3) is 0.409. The number of amides is 4. The van der Waals surface area contributed by atoms with E-state index in [0.717, 1.165) is 15.9 Å². The van der Waals surface area contributed by atoms with Crippen LogP contribution in [0, 0.1) is 11.2 Å². The Bertz CT molecular complexity index is 1630. The van der Waals surface area contributed by atoms with Crippen LogP contribution in [0.5, 0.6) is 0 Å². The summed E-state index contributed by atoms with van der Waals surface area (Å²) in [5, 5.41) is 11.9. The molecule has 0 aliphatic carbocycles. The third kappa shape index (κ3) is 3.27. The molecule has 2 N–H and O–H groups in total. The van der Waals surface area contributed by atoms with Crippen LogP contribution >= 0.6 is 11.3 Å². The quantitative estimate of drug-likeness (QED) is 0.217. The van der Waals surface area contributed by atoms with Crippen molar-refractivity contribution in [2.24, 2.45) is 10.5 Å². The first-order valence-corrected chi connectivity index (χ1v) is 12.4. The molecule has 2 saturated heterocycles. The highest BCUT2D eigenvalue weighted by Crippen LogP contribution is 2.49. The molecule has 0 unspecified atom stereocenters. The van der Waals surface area contributed by atoms with E-state index in [-0.39, 0.29) is 48.1 Å². The van der Waals surface area contributed by atoms with Gasteiger partial charge in [0.15, 0.2) is 17.1 Å². The Morgan fingerprint density at radius 2 is 2.03 bits per heavy atom. The molecule has 3 aliphatic rings. The van der Waals surface area contributed by atoms with E-state index >= 15 is 4.39 Å². The lowest BCUT2D eigenvalue weighted by Gasteiger charge is -2.55. The van der Waals surface area contributed by atoms with E-state index in [9.17, 15) is 19.2 Å². The molecule has 38 heavy (non-hydrogen) atoms. The van der Waals surface area contributed by atoms with Crippen molar-refractivity contribution in [2.75, 3.05) is 11.4 Å². The van der Waals surface area contributed by atoms with Crippen LogP contribution in [0.15, 0.2) is 26.7 Å². The molecule has 4 amide bonds. The number of halogens is 1. The van der Waals surface area contributed by atoms with Crippen molar-refractivity contribution in [3.63, 3.8) is 0 Å². The van der Waals surface area contributed by atoms with Crippen molar-refractivity contribution in [3.8, 4) is 5.82 Å². The summed E-state index contributed by atoms with van der Waals surface area (Å²) in [5.41, 5.74) is 7.00. The van der Waals surface area contributed by atoms with Gasteiger partial charge in [0.1, 0.15) is 0 Å². The number of benzene rings is 1. The number of nitrogens with one attached hydrogen (secondary N) is 2. The number of thiazole rings is 1. The average molecular weight is 543 g/mol. The number of hydrogen-bond acceptors (Lipinski definition) is 10. The van der Waals surface area contributed by atoms with Crippen molar-refractivity contribution in [1.82, 2.24) is 20.4 Å². The Balaban J connectivity index is 1.57. The molecular weight excluding hydrogens is 523 g/mol. The van der Waals surface area contributed by atoms with Gasteiger partial charge in [0.25, 0.3) is 0 Å². The maximum Gasteiger partial charge on any atom is 0.328 e. The van der Waals surface area contributed by atoms with Crippen LogP contribution in [0.2, 0.25) is 0 Å². The lowest BCUT2D eigenvalue weighted by molar-refractivity contribution is -0.153. The van der Waals surface area contributed by atoms with Crippen LogP contribution in [0.1, 0.15) is 24.3 Å². The Morgan fingerprint density at radius 1 is 1.29 bits per heavy atom. The number of anilines is 1. The Kier molecular flexibility index (Phi) is 5.31. The fourth-order valence-corrected chi connectivity index (χ4v) is 6.56. The van der Waals surface area contributed by atoms with Crippen LogP contribution in [0.3, 0.4) is 0 Å². The number of carbonyl (C=O) groups is 3. The average Bonchev–Trinajstić information content (AvgIpc) is 3.43. The maximum absolute atomic E-state index is 16.2. The summed E-state index contributed by atoms with van der Waals surface area (Å²) in [4.78, 5) is 55.5. The molecule has 3 atom stereocenters. The Morgan fingerprint density at radius 3 is 2.74 bits per heavy atom. The van der Waals surface area contributed by atoms with Crippen LogP contribution in [0.4, 0.5) is 14.9 Å².